The van der Waals surface area contributed by atoms with Crippen LogP contribution in [0.1, 0.15) is 22.8 Å². The van der Waals surface area contributed by atoms with Crippen molar-refractivity contribution in [3.8, 4) is 17.6 Å². The standard InChI is InChI=1S/C21H20N2O4/c1-2-26-19-11-7-17(8-12-19)20(24)22-13-3-4-16-5-9-18(10-6-16)23-14-15-27-21(23)25/h5-12H,2,13-15H2,1H3,(H,22,24). The van der Waals surface area contributed by atoms with E-state index < -0.39 is 0 Å². The normalized spacial score (nSPS) is 12.8. The van der Waals surface area contributed by atoms with Gasteiger partial charge in [0.25, 0.3) is 5.91 Å². The first-order chi connectivity index (χ1) is 13.2. The second-order valence-electron chi connectivity index (χ2n) is 5.75. The second-order valence-corrected chi connectivity index (χ2v) is 5.75. The molecule has 0 aliphatic carbocycles. The van der Waals surface area contributed by atoms with Crippen molar-refractivity contribution < 1.29 is 19.1 Å². The number of rotatable bonds is 5. The topological polar surface area (TPSA) is 67.9 Å². The fraction of sp³-hybridized carbons (Fsp3) is 0.238. The van der Waals surface area contributed by atoms with Crippen molar-refractivity contribution in [2.24, 2.45) is 0 Å². The molecule has 138 valence electrons. The van der Waals surface area contributed by atoms with Crippen LogP contribution in [0.5, 0.6) is 5.75 Å². The van der Waals surface area contributed by atoms with E-state index in [1.165, 1.54) is 0 Å². The summed E-state index contributed by atoms with van der Waals surface area (Å²) in [4.78, 5) is 25.2. The van der Waals surface area contributed by atoms with Crippen LogP contribution in [0.15, 0.2) is 48.5 Å². The monoisotopic (exact) mass is 364 g/mol. The molecular weight excluding hydrogens is 344 g/mol. The van der Waals surface area contributed by atoms with E-state index in [4.69, 9.17) is 9.47 Å². The van der Waals surface area contributed by atoms with Gasteiger partial charge in [0, 0.05) is 16.8 Å². The molecule has 0 unspecified atom stereocenters. The number of nitrogens with zero attached hydrogens (tertiary/aromatic N) is 1. The third-order valence-electron chi connectivity index (χ3n) is 3.94. The predicted molar refractivity (Wildman–Crippen MR) is 102 cm³/mol. The van der Waals surface area contributed by atoms with E-state index in [0.717, 1.165) is 17.0 Å². The molecular formula is C21H20N2O4. The van der Waals surface area contributed by atoms with Gasteiger partial charge in [0.2, 0.25) is 0 Å². The number of amides is 2. The second kappa shape index (κ2) is 8.77. The zero-order valence-electron chi connectivity index (χ0n) is 15.0. The summed E-state index contributed by atoms with van der Waals surface area (Å²) in [5, 5.41) is 2.76. The molecule has 0 saturated carbocycles. The van der Waals surface area contributed by atoms with Crippen molar-refractivity contribution in [2.45, 2.75) is 6.92 Å². The molecule has 27 heavy (non-hydrogen) atoms. The van der Waals surface area contributed by atoms with E-state index in [2.05, 4.69) is 17.2 Å². The summed E-state index contributed by atoms with van der Waals surface area (Å²) in [7, 11) is 0. The largest absolute Gasteiger partial charge is 0.494 e. The molecule has 0 radical (unpaired) electrons. The van der Waals surface area contributed by atoms with Crippen LogP contribution in [0.2, 0.25) is 0 Å². The average Bonchev–Trinajstić information content (AvgIpc) is 3.12. The SMILES string of the molecule is CCOc1ccc(C(=O)NCC#Cc2ccc(N3CCOC3=O)cc2)cc1. The van der Waals surface area contributed by atoms with Gasteiger partial charge in [0.05, 0.1) is 19.7 Å². The maximum absolute atomic E-state index is 12.1. The smallest absolute Gasteiger partial charge is 0.414 e. The quantitative estimate of drug-likeness (QED) is 0.829. The molecule has 6 nitrogen and oxygen atoms in total. The summed E-state index contributed by atoms with van der Waals surface area (Å²) in [6.45, 7) is 3.71. The van der Waals surface area contributed by atoms with Crippen molar-refractivity contribution in [2.75, 3.05) is 31.2 Å². The summed E-state index contributed by atoms with van der Waals surface area (Å²) < 4.78 is 10.3. The van der Waals surface area contributed by atoms with Crippen LogP contribution in [0, 0.1) is 11.8 Å². The van der Waals surface area contributed by atoms with Crippen LogP contribution < -0.4 is 15.0 Å². The lowest BCUT2D eigenvalue weighted by atomic mass is 10.2. The van der Waals surface area contributed by atoms with E-state index in [0.29, 0.717) is 25.3 Å². The minimum atomic E-state index is -0.328. The highest BCUT2D eigenvalue weighted by atomic mass is 16.6. The Balaban J connectivity index is 1.51. The minimum absolute atomic E-state index is 0.185. The Hall–Kier alpha value is -3.46. The summed E-state index contributed by atoms with van der Waals surface area (Å²) in [5.74, 6) is 6.46. The molecule has 3 rings (SSSR count). The highest BCUT2D eigenvalue weighted by Gasteiger charge is 2.23. The van der Waals surface area contributed by atoms with Crippen LogP contribution in [0.3, 0.4) is 0 Å². The fourth-order valence-electron chi connectivity index (χ4n) is 2.59. The van der Waals surface area contributed by atoms with Crippen molar-refractivity contribution in [1.82, 2.24) is 5.32 Å². The first-order valence-electron chi connectivity index (χ1n) is 8.71. The Bertz CT molecular complexity index is 864. The Labute approximate surface area is 158 Å². The van der Waals surface area contributed by atoms with Gasteiger partial charge in [0.1, 0.15) is 12.4 Å². The molecule has 6 heteroatoms. The number of hydrogen-bond donors (Lipinski definition) is 1. The lowest BCUT2D eigenvalue weighted by Crippen LogP contribution is -2.23. The van der Waals surface area contributed by atoms with Gasteiger partial charge >= 0.3 is 6.09 Å². The minimum Gasteiger partial charge on any atom is -0.494 e. The summed E-state index contributed by atoms with van der Waals surface area (Å²) in [6, 6.07) is 14.3. The van der Waals surface area contributed by atoms with E-state index in [9.17, 15) is 9.59 Å². The van der Waals surface area contributed by atoms with Crippen molar-refractivity contribution in [1.29, 1.82) is 0 Å². The highest BCUT2D eigenvalue weighted by molar-refractivity contribution is 5.94. The average molecular weight is 364 g/mol. The highest BCUT2D eigenvalue weighted by Crippen LogP contribution is 2.18. The Morgan fingerprint density at radius 1 is 1.19 bits per heavy atom. The third kappa shape index (κ3) is 4.79. The zero-order chi connectivity index (χ0) is 19.1. The third-order valence-corrected chi connectivity index (χ3v) is 3.94. The van der Waals surface area contributed by atoms with Crippen LogP contribution in [0.25, 0.3) is 0 Å². The van der Waals surface area contributed by atoms with Crippen LogP contribution >= 0.6 is 0 Å². The molecule has 0 aromatic heterocycles. The number of carbonyl (C=O) groups excluding carboxylic acids is 2. The van der Waals surface area contributed by atoms with Gasteiger partial charge in [-0.1, -0.05) is 11.8 Å². The number of carbonyl (C=O) groups is 2. The fourth-order valence-corrected chi connectivity index (χ4v) is 2.59. The number of cyclic esters (lactones) is 1. The Morgan fingerprint density at radius 2 is 1.93 bits per heavy atom. The van der Waals surface area contributed by atoms with Gasteiger partial charge in [-0.15, -0.1) is 0 Å². The Kier molecular flexibility index (Phi) is 5.95. The first-order valence-corrected chi connectivity index (χ1v) is 8.71. The van der Waals surface area contributed by atoms with Crippen molar-refractivity contribution in [3.05, 3.63) is 59.7 Å². The van der Waals surface area contributed by atoms with E-state index in [-0.39, 0.29) is 18.5 Å². The maximum Gasteiger partial charge on any atom is 0.414 e. The van der Waals surface area contributed by atoms with Gasteiger partial charge in [-0.25, -0.2) is 4.79 Å². The van der Waals surface area contributed by atoms with Crippen molar-refractivity contribution in [3.63, 3.8) is 0 Å². The van der Waals surface area contributed by atoms with Crippen LogP contribution in [-0.4, -0.2) is 38.3 Å². The number of ether oxygens (including phenoxy) is 2. The van der Waals surface area contributed by atoms with Crippen LogP contribution in [-0.2, 0) is 4.74 Å². The summed E-state index contributed by atoms with van der Waals surface area (Å²) in [5.41, 5.74) is 2.15. The molecule has 2 aromatic rings. The molecule has 1 fully saturated rings. The maximum atomic E-state index is 12.1. The first kappa shape index (κ1) is 18.3. The molecule has 0 atom stereocenters. The number of nitrogens with one attached hydrogen (secondary N) is 1. The molecule has 1 aliphatic heterocycles. The van der Waals surface area contributed by atoms with Gasteiger partial charge in [-0.2, -0.15) is 0 Å². The molecule has 0 spiro atoms. The lowest BCUT2D eigenvalue weighted by Gasteiger charge is -2.11. The molecule has 0 bridgehead atoms. The van der Waals surface area contributed by atoms with E-state index >= 15 is 0 Å². The predicted octanol–water partition coefficient (Wildman–Crippen LogP) is 2.82. The summed E-state index contributed by atoms with van der Waals surface area (Å²) in [6.07, 6.45) is -0.328. The molecule has 2 amide bonds. The molecule has 2 aromatic carbocycles. The van der Waals surface area contributed by atoms with E-state index in [1.54, 1.807) is 29.2 Å². The number of benzene rings is 2. The van der Waals surface area contributed by atoms with Crippen LogP contribution in [0.4, 0.5) is 10.5 Å². The van der Waals surface area contributed by atoms with Crippen molar-refractivity contribution >= 4 is 17.7 Å². The lowest BCUT2D eigenvalue weighted by molar-refractivity contribution is 0.0958. The molecule has 1 saturated heterocycles. The number of anilines is 1. The number of hydrogen-bond acceptors (Lipinski definition) is 4. The van der Waals surface area contributed by atoms with Gasteiger partial charge in [-0.05, 0) is 55.5 Å². The van der Waals surface area contributed by atoms with Gasteiger partial charge < -0.3 is 14.8 Å². The zero-order valence-corrected chi connectivity index (χ0v) is 15.0. The molecule has 1 N–H and O–H groups in total. The molecule has 1 heterocycles. The van der Waals surface area contributed by atoms with E-state index in [1.807, 2.05) is 31.2 Å². The van der Waals surface area contributed by atoms with Gasteiger partial charge in [0.15, 0.2) is 0 Å². The molecule has 1 aliphatic rings. The van der Waals surface area contributed by atoms with Gasteiger partial charge in [-0.3, -0.25) is 9.69 Å². The summed E-state index contributed by atoms with van der Waals surface area (Å²) >= 11 is 0. The Morgan fingerprint density at radius 3 is 2.56 bits per heavy atom.